The van der Waals surface area contributed by atoms with Gasteiger partial charge in [0.2, 0.25) is 0 Å². The molecule has 0 radical (unpaired) electrons. The van der Waals surface area contributed by atoms with Crippen LogP contribution in [-0.4, -0.2) is 9.78 Å². The molecular formula is C13H17N3. The van der Waals surface area contributed by atoms with Gasteiger partial charge in [0, 0.05) is 18.3 Å². The van der Waals surface area contributed by atoms with E-state index in [1.54, 1.807) is 0 Å². The van der Waals surface area contributed by atoms with Gasteiger partial charge in [-0.05, 0) is 18.1 Å². The van der Waals surface area contributed by atoms with Crippen LogP contribution >= 0.6 is 0 Å². The molecule has 84 valence electrons. The van der Waals surface area contributed by atoms with E-state index in [1.807, 2.05) is 41.2 Å². The lowest BCUT2D eigenvalue weighted by Gasteiger charge is -2.02. The zero-order valence-corrected chi connectivity index (χ0v) is 9.72. The summed E-state index contributed by atoms with van der Waals surface area (Å²) >= 11 is 0. The van der Waals surface area contributed by atoms with Gasteiger partial charge < -0.3 is 5.73 Å². The molecule has 1 aromatic heterocycles. The molecule has 1 heterocycles. The second-order valence-corrected chi connectivity index (χ2v) is 4.18. The van der Waals surface area contributed by atoms with Crippen LogP contribution in [0.4, 0.5) is 0 Å². The molecule has 3 nitrogen and oxygen atoms in total. The Hall–Kier alpha value is -1.61. The van der Waals surface area contributed by atoms with Gasteiger partial charge in [-0.15, -0.1) is 0 Å². The quantitative estimate of drug-likeness (QED) is 0.854. The largest absolute Gasteiger partial charge is 0.326 e. The SMILES string of the molecule is CC(C)c1nn(-c2ccccc2)cc1CN. The summed E-state index contributed by atoms with van der Waals surface area (Å²) in [6, 6.07) is 10.1. The molecule has 0 amide bonds. The van der Waals surface area contributed by atoms with Crippen molar-refractivity contribution in [2.24, 2.45) is 5.73 Å². The number of rotatable bonds is 3. The van der Waals surface area contributed by atoms with E-state index in [1.165, 1.54) is 0 Å². The molecular weight excluding hydrogens is 198 g/mol. The van der Waals surface area contributed by atoms with E-state index >= 15 is 0 Å². The Morgan fingerprint density at radius 3 is 2.44 bits per heavy atom. The third-order valence-corrected chi connectivity index (χ3v) is 2.61. The maximum atomic E-state index is 5.73. The van der Waals surface area contributed by atoms with Crippen molar-refractivity contribution in [3.05, 3.63) is 47.8 Å². The monoisotopic (exact) mass is 215 g/mol. The van der Waals surface area contributed by atoms with Gasteiger partial charge in [0.1, 0.15) is 0 Å². The fourth-order valence-electron chi connectivity index (χ4n) is 1.78. The maximum Gasteiger partial charge on any atom is 0.0699 e. The first kappa shape index (κ1) is 10.9. The lowest BCUT2D eigenvalue weighted by Crippen LogP contribution is -2.00. The van der Waals surface area contributed by atoms with Crippen molar-refractivity contribution in [2.45, 2.75) is 26.3 Å². The van der Waals surface area contributed by atoms with Gasteiger partial charge in [0.05, 0.1) is 11.4 Å². The highest BCUT2D eigenvalue weighted by molar-refractivity contribution is 5.33. The molecule has 0 aliphatic heterocycles. The van der Waals surface area contributed by atoms with Gasteiger partial charge in [-0.1, -0.05) is 32.0 Å². The predicted molar refractivity (Wildman–Crippen MR) is 65.5 cm³/mol. The zero-order valence-electron chi connectivity index (χ0n) is 9.72. The number of benzene rings is 1. The third kappa shape index (κ3) is 1.99. The first-order chi connectivity index (χ1) is 7.72. The Morgan fingerprint density at radius 2 is 1.94 bits per heavy atom. The molecule has 3 heteroatoms. The molecule has 0 saturated carbocycles. The minimum Gasteiger partial charge on any atom is -0.326 e. The van der Waals surface area contributed by atoms with Gasteiger partial charge in [0.25, 0.3) is 0 Å². The van der Waals surface area contributed by atoms with E-state index in [4.69, 9.17) is 5.73 Å². The average Bonchev–Trinajstić information content (AvgIpc) is 2.74. The molecule has 0 aliphatic rings. The first-order valence-electron chi connectivity index (χ1n) is 5.56. The number of nitrogens with zero attached hydrogens (tertiary/aromatic N) is 2. The zero-order chi connectivity index (χ0) is 11.5. The van der Waals surface area contributed by atoms with Crippen LogP contribution in [0.2, 0.25) is 0 Å². The Labute approximate surface area is 95.9 Å². The summed E-state index contributed by atoms with van der Waals surface area (Å²) in [7, 11) is 0. The van der Waals surface area contributed by atoms with Gasteiger partial charge in [0.15, 0.2) is 0 Å². The number of para-hydroxylation sites is 1. The Morgan fingerprint density at radius 1 is 1.25 bits per heavy atom. The van der Waals surface area contributed by atoms with E-state index in [0.29, 0.717) is 12.5 Å². The smallest absolute Gasteiger partial charge is 0.0699 e. The second kappa shape index (κ2) is 4.49. The highest BCUT2D eigenvalue weighted by atomic mass is 15.3. The van der Waals surface area contributed by atoms with Gasteiger partial charge in [-0.2, -0.15) is 5.10 Å². The van der Waals surface area contributed by atoms with Crippen molar-refractivity contribution in [1.82, 2.24) is 9.78 Å². The van der Waals surface area contributed by atoms with Crippen LogP contribution in [0.25, 0.3) is 5.69 Å². The highest BCUT2D eigenvalue weighted by Crippen LogP contribution is 2.19. The number of nitrogens with two attached hydrogens (primary N) is 1. The summed E-state index contributed by atoms with van der Waals surface area (Å²) in [6.07, 6.45) is 2.02. The lowest BCUT2D eigenvalue weighted by atomic mass is 10.1. The molecule has 0 unspecified atom stereocenters. The fraction of sp³-hybridized carbons (Fsp3) is 0.308. The van der Waals surface area contributed by atoms with Crippen LogP contribution < -0.4 is 5.73 Å². The van der Waals surface area contributed by atoms with Gasteiger partial charge in [-0.3, -0.25) is 0 Å². The molecule has 2 rings (SSSR count). The Bertz CT molecular complexity index is 457. The Balaban J connectivity index is 2.44. The highest BCUT2D eigenvalue weighted by Gasteiger charge is 2.11. The summed E-state index contributed by atoms with van der Waals surface area (Å²) in [4.78, 5) is 0. The van der Waals surface area contributed by atoms with Crippen molar-refractivity contribution in [2.75, 3.05) is 0 Å². The van der Waals surface area contributed by atoms with Crippen LogP contribution in [0.15, 0.2) is 36.5 Å². The van der Waals surface area contributed by atoms with Crippen LogP contribution in [0.1, 0.15) is 31.0 Å². The van der Waals surface area contributed by atoms with Crippen molar-refractivity contribution < 1.29 is 0 Å². The molecule has 0 aliphatic carbocycles. The molecule has 0 atom stereocenters. The van der Waals surface area contributed by atoms with Gasteiger partial charge in [-0.25, -0.2) is 4.68 Å². The predicted octanol–water partition coefficient (Wildman–Crippen LogP) is 2.45. The summed E-state index contributed by atoms with van der Waals surface area (Å²) in [5.41, 5.74) is 9.01. The van der Waals surface area contributed by atoms with E-state index in [0.717, 1.165) is 16.9 Å². The fourth-order valence-corrected chi connectivity index (χ4v) is 1.78. The van der Waals surface area contributed by atoms with Crippen LogP contribution in [0.3, 0.4) is 0 Å². The molecule has 0 fully saturated rings. The molecule has 0 bridgehead atoms. The standard InChI is InChI=1S/C13H17N3/c1-10(2)13-11(8-14)9-16(15-13)12-6-4-3-5-7-12/h3-7,9-10H,8,14H2,1-2H3. The average molecular weight is 215 g/mol. The normalized spacial score (nSPS) is 11.0. The van der Waals surface area contributed by atoms with Gasteiger partial charge >= 0.3 is 0 Å². The summed E-state index contributed by atoms with van der Waals surface area (Å²) in [5.74, 6) is 0.406. The molecule has 16 heavy (non-hydrogen) atoms. The summed E-state index contributed by atoms with van der Waals surface area (Å²) in [5, 5.41) is 4.59. The molecule has 2 N–H and O–H groups in total. The third-order valence-electron chi connectivity index (χ3n) is 2.61. The number of aromatic nitrogens is 2. The topological polar surface area (TPSA) is 43.8 Å². The van der Waals surface area contributed by atoms with Crippen molar-refractivity contribution in [3.8, 4) is 5.69 Å². The van der Waals surface area contributed by atoms with E-state index < -0.39 is 0 Å². The lowest BCUT2D eigenvalue weighted by molar-refractivity contribution is 0.762. The number of hydrogen-bond acceptors (Lipinski definition) is 2. The Kier molecular flexibility index (Phi) is 3.06. The van der Waals surface area contributed by atoms with Crippen molar-refractivity contribution in [1.29, 1.82) is 0 Å². The van der Waals surface area contributed by atoms with Crippen LogP contribution in [-0.2, 0) is 6.54 Å². The van der Waals surface area contributed by atoms with E-state index in [-0.39, 0.29) is 0 Å². The minimum absolute atomic E-state index is 0.406. The van der Waals surface area contributed by atoms with Crippen LogP contribution in [0.5, 0.6) is 0 Å². The number of hydrogen-bond donors (Lipinski definition) is 1. The van der Waals surface area contributed by atoms with E-state index in [2.05, 4.69) is 18.9 Å². The summed E-state index contributed by atoms with van der Waals surface area (Å²) in [6.45, 7) is 4.81. The van der Waals surface area contributed by atoms with E-state index in [9.17, 15) is 0 Å². The maximum absolute atomic E-state index is 5.73. The first-order valence-corrected chi connectivity index (χ1v) is 5.56. The van der Waals surface area contributed by atoms with Crippen molar-refractivity contribution in [3.63, 3.8) is 0 Å². The van der Waals surface area contributed by atoms with Crippen LogP contribution in [0, 0.1) is 0 Å². The van der Waals surface area contributed by atoms with Crippen molar-refractivity contribution >= 4 is 0 Å². The second-order valence-electron chi connectivity index (χ2n) is 4.18. The molecule has 0 saturated heterocycles. The minimum atomic E-state index is 0.406. The molecule has 1 aromatic carbocycles. The molecule has 0 spiro atoms. The molecule has 2 aromatic rings. The summed E-state index contributed by atoms with van der Waals surface area (Å²) < 4.78 is 1.90.